The summed E-state index contributed by atoms with van der Waals surface area (Å²) < 4.78 is 8.99. The van der Waals surface area contributed by atoms with E-state index in [0.717, 1.165) is 38.8 Å². The third-order valence-corrected chi connectivity index (χ3v) is 15.3. The van der Waals surface area contributed by atoms with Gasteiger partial charge in [0.2, 0.25) is 0 Å². The van der Waals surface area contributed by atoms with E-state index in [1.165, 1.54) is 42.6 Å². The van der Waals surface area contributed by atoms with Crippen molar-refractivity contribution in [3.63, 3.8) is 0 Å². The summed E-state index contributed by atoms with van der Waals surface area (Å²) in [7, 11) is -2.89. The molecular weight excluding hydrogens is 635 g/mol. The molecule has 0 aliphatic heterocycles. The second kappa shape index (κ2) is 11.9. The number of furan rings is 1. The number of nitrogens with zero attached hydrogens (tertiary/aromatic N) is 1. The highest BCUT2D eigenvalue weighted by atomic mass is 28.3. The SMILES string of the molecule is c1ccc([Si](c2ccccc2)(c2cccc(-c3cccc4c3oc3ccccc34)c2)c2cccc(-n3c4ccccc4c4ccccc43)c2)cc1. The molecule has 0 unspecified atom stereocenters. The van der Waals surface area contributed by atoms with Crippen molar-refractivity contribution in [3.05, 3.63) is 200 Å². The molecule has 51 heavy (non-hydrogen) atoms. The molecule has 2 aromatic heterocycles. The molecule has 0 aliphatic rings. The van der Waals surface area contributed by atoms with E-state index in [1.807, 2.05) is 6.07 Å². The predicted molar refractivity (Wildman–Crippen MR) is 217 cm³/mol. The van der Waals surface area contributed by atoms with Crippen LogP contribution in [0.4, 0.5) is 0 Å². The van der Waals surface area contributed by atoms with E-state index < -0.39 is 8.07 Å². The summed E-state index contributed by atoms with van der Waals surface area (Å²) in [5, 5.41) is 10.2. The maximum Gasteiger partial charge on any atom is 0.179 e. The average molecular weight is 668 g/mol. The summed E-state index contributed by atoms with van der Waals surface area (Å²) in [5.41, 5.74) is 7.68. The lowest BCUT2D eigenvalue weighted by Crippen LogP contribution is -2.74. The first-order valence-electron chi connectivity index (χ1n) is 17.5. The summed E-state index contributed by atoms with van der Waals surface area (Å²) in [4.78, 5) is 0. The van der Waals surface area contributed by atoms with Gasteiger partial charge < -0.3 is 8.98 Å². The quantitative estimate of drug-likeness (QED) is 0.128. The van der Waals surface area contributed by atoms with Crippen LogP contribution in [0, 0.1) is 0 Å². The lowest BCUT2D eigenvalue weighted by atomic mass is 10.0. The molecule has 0 bridgehead atoms. The minimum atomic E-state index is -2.89. The Labute approximate surface area is 297 Å². The second-order valence-electron chi connectivity index (χ2n) is 13.3. The van der Waals surface area contributed by atoms with E-state index in [2.05, 4.69) is 199 Å². The van der Waals surface area contributed by atoms with Gasteiger partial charge in [0.15, 0.2) is 8.07 Å². The maximum absolute atomic E-state index is 6.55. The number of hydrogen-bond donors (Lipinski definition) is 0. The van der Waals surface area contributed by atoms with Crippen LogP contribution in [0.1, 0.15) is 0 Å². The topological polar surface area (TPSA) is 18.1 Å². The first kappa shape index (κ1) is 29.5. The van der Waals surface area contributed by atoms with E-state index in [9.17, 15) is 0 Å². The van der Waals surface area contributed by atoms with Gasteiger partial charge in [0.1, 0.15) is 11.2 Å². The third-order valence-electron chi connectivity index (χ3n) is 10.5. The molecular formula is C48H33NOSi. The lowest BCUT2D eigenvalue weighted by Gasteiger charge is -2.35. The highest BCUT2D eigenvalue weighted by Crippen LogP contribution is 2.36. The van der Waals surface area contributed by atoms with Crippen LogP contribution in [-0.2, 0) is 0 Å². The largest absolute Gasteiger partial charge is 0.455 e. The molecule has 2 nitrogen and oxygen atoms in total. The van der Waals surface area contributed by atoms with Crippen molar-refractivity contribution in [2.75, 3.05) is 0 Å². The van der Waals surface area contributed by atoms with Gasteiger partial charge in [-0.2, -0.15) is 0 Å². The molecule has 8 aromatic carbocycles. The van der Waals surface area contributed by atoms with Crippen molar-refractivity contribution in [1.29, 1.82) is 0 Å². The van der Waals surface area contributed by atoms with E-state index in [0.29, 0.717) is 0 Å². The van der Waals surface area contributed by atoms with Gasteiger partial charge >= 0.3 is 0 Å². The van der Waals surface area contributed by atoms with Crippen molar-refractivity contribution in [3.8, 4) is 16.8 Å². The van der Waals surface area contributed by atoms with Crippen LogP contribution < -0.4 is 20.7 Å². The van der Waals surface area contributed by atoms with Crippen LogP contribution in [0.15, 0.2) is 205 Å². The van der Waals surface area contributed by atoms with Crippen molar-refractivity contribution in [1.82, 2.24) is 4.57 Å². The smallest absolute Gasteiger partial charge is 0.179 e. The number of rotatable bonds is 6. The molecule has 3 heteroatoms. The summed E-state index contributed by atoms with van der Waals surface area (Å²) in [5.74, 6) is 0. The Balaban J connectivity index is 1.26. The van der Waals surface area contributed by atoms with E-state index >= 15 is 0 Å². The minimum absolute atomic E-state index is 0.912. The molecule has 2 heterocycles. The lowest BCUT2D eigenvalue weighted by molar-refractivity contribution is 0.670. The fourth-order valence-corrected chi connectivity index (χ4v) is 13.2. The van der Waals surface area contributed by atoms with Crippen LogP contribution in [0.3, 0.4) is 0 Å². The van der Waals surface area contributed by atoms with Gasteiger partial charge in [0.25, 0.3) is 0 Å². The molecule has 0 aliphatic carbocycles. The highest BCUT2D eigenvalue weighted by Gasteiger charge is 2.42. The van der Waals surface area contributed by atoms with Crippen LogP contribution >= 0.6 is 0 Å². The average Bonchev–Trinajstić information content (AvgIpc) is 3.76. The third kappa shape index (κ3) is 4.56. The number of benzene rings is 8. The zero-order chi connectivity index (χ0) is 33.8. The van der Waals surface area contributed by atoms with Gasteiger partial charge in [-0.25, -0.2) is 0 Å². The number of aromatic nitrogens is 1. The highest BCUT2D eigenvalue weighted by molar-refractivity contribution is 7.20. The van der Waals surface area contributed by atoms with Gasteiger partial charge in [-0.1, -0.05) is 170 Å². The molecule has 0 atom stereocenters. The zero-order valence-electron chi connectivity index (χ0n) is 27.9. The molecule has 0 fully saturated rings. The van der Waals surface area contributed by atoms with E-state index in [4.69, 9.17) is 4.42 Å². The fourth-order valence-electron chi connectivity index (χ4n) is 8.35. The standard InChI is InChI=1S/C48H33NOSi/c1-3-18-36(19-4-1)51(37-20-5-2-6-21-37,38-22-13-16-34(32-38)40-27-15-28-44-43-26-9-12-31-47(43)50-48(40)44)39-23-14-17-35(33-39)49-45-29-10-7-24-41(45)42-25-8-11-30-46(42)49/h1-33H. The molecule has 10 rings (SSSR count). The zero-order valence-corrected chi connectivity index (χ0v) is 28.9. The Morgan fingerprint density at radius 2 is 0.882 bits per heavy atom. The normalized spacial score (nSPS) is 11.9. The number of para-hydroxylation sites is 4. The second-order valence-corrected chi connectivity index (χ2v) is 17.1. The summed E-state index contributed by atoms with van der Waals surface area (Å²) in [6.07, 6.45) is 0. The van der Waals surface area contributed by atoms with Gasteiger partial charge in [-0.3, -0.25) is 0 Å². The summed E-state index contributed by atoms with van der Waals surface area (Å²) in [6.45, 7) is 0. The van der Waals surface area contributed by atoms with Crippen molar-refractivity contribution < 1.29 is 4.42 Å². The molecule has 0 saturated carbocycles. The molecule has 0 N–H and O–H groups in total. The molecule has 0 spiro atoms. The van der Waals surface area contributed by atoms with Crippen LogP contribution in [0.5, 0.6) is 0 Å². The predicted octanol–water partition coefficient (Wildman–Crippen LogP) is 9.73. The molecule has 0 radical (unpaired) electrons. The fraction of sp³-hybridized carbons (Fsp3) is 0. The molecule has 0 saturated heterocycles. The Morgan fingerprint density at radius 1 is 0.373 bits per heavy atom. The molecule has 10 aromatic rings. The maximum atomic E-state index is 6.55. The van der Waals surface area contributed by atoms with E-state index in [-0.39, 0.29) is 0 Å². The number of hydrogen-bond acceptors (Lipinski definition) is 1. The van der Waals surface area contributed by atoms with Gasteiger partial charge in [0, 0.05) is 32.8 Å². The first-order chi connectivity index (χ1) is 25.3. The van der Waals surface area contributed by atoms with E-state index in [1.54, 1.807) is 0 Å². The Kier molecular flexibility index (Phi) is 6.86. The minimum Gasteiger partial charge on any atom is -0.455 e. The molecule has 0 amide bonds. The van der Waals surface area contributed by atoms with Crippen molar-refractivity contribution in [2.45, 2.75) is 0 Å². The first-order valence-corrected chi connectivity index (χ1v) is 19.5. The van der Waals surface area contributed by atoms with Crippen LogP contribution in [0.2, 0.25) is 0 Å². The molecule has 240 valence electrons. The summed E-state index contributed by atoms with van der Waals surface area (Å²) in [6, 6.07) is 73.3. The Morgan fingerprint density at radius 3 is 1.57 bits per heavy atom. The summed E-state index contributed by atoms with van der Waals surface area (Å²) >= 11 is 0. The van der Waals surface area contributed by atoms with Crippen LogP contribution in [-0.4, -0.2) is 12.6 Å². The van der Waals surface area contributed by atoms with Crippen molar-refractivity contribution in [2.24, 2.45) is 0 Å². The van der Waals surface area contributed by atoms with Crippen molar-refractivity contribution >= 4 is 72.6 Å². The van der Waals surface area contributed by atoms with Crippen LogP contribution in [0.25, 0.3) is 60.6 Å². The number of fused-ring (bicyclic) bond motifs is 6. The Bertz CT molecular complexity index is 2770. The van der Waals surface area contributed by atoms with Gasteiger partial charge in [-0.05, 0) is 56.6 Å². The Hall–Kier alpha value is -6.42. The monoisotopic (exact) mass is 667 g/mol. The van der Waals surface area contributed by atoms with Gasteiger partial charge in [-0.15, -0.1) is 0 Å². The van der Waals surface area contributed by atoms with Gasteiger partial charge in [0.05, 0.1) is 11.0 Å².